The first kappa shape index (κ1) is 5.87. The number of hydrogen-bond acceptors (Lipinski definition) is 0. The van der Waals surface area contributed by atoms with Gasteiger partial charge in [0.1, 0.15) is 0 Å². The van der Waals surface area contributed by atoms with Crippen molar-refractivity contribution in [3.63, 3.8) is 0 Å². The van der Waals surface area contributed by atoms with Gasteiger partial charge < -0.3 is 0 Å². The SMILES string of the molecule is [CH2]C1(C)C=CCC1C. The lowest BCUT2D eigenvalue weighted by Gasteiger charge is -2.21. The van der Waals surface area contributed by atoms with E-state index in [4.69, 9.17) is 0 Å². The second-order valence-corrected chi connectivity index (χ2v) is 3.04. The summed E-state index contributed by atoms with van der Waals surface area (Å²) >= 11 is 0. The Morgan fingerprint density at radius 2 is 2.38 bits per heavy atom. The van der Waals surface area contributed by atoms with Gasteiger partial charge in [0.2, 0.25) is 0 Å². The van der Waals surface area contributed by atoms with E-state index in [1.54, 1.807) is 0 Å². The monoisotopic (exact) mass is 109 g/mol. The van der Waals surface area contributed by atoms with Crippen molar-refractivity contribution >= 4 is 0 Å². The minimum absolute atomic E-state index is 0.222. The maximum atomic E-state index is 4.06. The van der Waals surface area contributed by atoms with Crippen molar-refractivity contribution in [2.75, 3.05) is 0 Å². The van der Waals surface area contributed by atoms with E-state index >= 15 is 0 Å². The number of rotatable bonds is 0. The van der Waals surface area contributed by atoms with E-state index in [1.807, 2.05) is 0 Å². The summed E-state index contributed by atoms with van der Waals surface area (Å²) in [6, 6.07) is 0. The molecular formula is C8H13. The molecule has 0 amide bonds. The van der Waals surface area contributed by atoms with Gasteiger partial charge in [0, 0.05) is 0 Å². The van der Waals surface area contributed by atoms with E-state index < -0.39 is 0 Å². The van der Waals surface area contributed by atoms with Crippen molar-refractivity contribution in [1.29, 1.82) is 0 Å². The van der Waals surface area contributed by atoms with Crippen molar-refractivity contribution in [3.05, 3.63) is 19.1 Å². The van der Waals surface area contributed by atoms with Gasteiger partial charge in [-0.1, -0.05) is 26.0 Å². The van der Waals surface area contributed by atoms with Crippen LogP contribution in [0.25, 0.3) is 0 Å². The highest BCUT2D eigenvalue weighted by Gasteiger charge is 2.25. The minimum Gasteiger partial charge on any atom is -0.0877 e. The molecule has 0 saturated heterocycles. The predicted octanol–water partition coefficient (Wildman–Crippen LogP) is 2.42. The van der Waals surface area contributed by atoms with E-state index in [2.05, 4.69) is 32.9 Å². The average Bonchev–Trinajstić information content (AvgIpc) is 1.86. The Bertz CT molecular complexity index is 109. The lowest BCUT2D eigenvalue weighted by Crippen LogP contribution is -2.13. The van der Waals surface area contributed by atoms with Crippen LogP contribution >= 0.6 is 0 Å². The molecule has 0 spiro atoms. The van der Waals surface area contributed by atoms with Crippen LogP contribution in [0.3, 0.4) is 0 Å². The molecule has 8 heavy (non-hydrogen) atoms. The van der Waals surface area contributed by atoms with Crippen molar-refractivity contribution in [1.82, 2.24) is 0 Å². The predicted molar refractivity (Wildman–Crippen MR) is 36.4 cm³/mol. The molecule has 0 aromatic heterocycles. The normalized spacial score (nSPS) is 33.6. The lowest BCUT2D eigenvalue weighted by molar-refractivity contribution is 0.380. The average molecular weight is 109 g/mol. The fraction of sp³-hybridized carbons (Fsp3) is 0.625. The van der Waals surface area contributed by atoms with Crippen LogP contribution in [0.15, 0.2) is 12.2 Å². The molecule has 1 aliphatic carbocycles. The molecule has 0 nitrogen and oxygen atoms in total. The maximum Gasteiger partial charge on any atom is -0.0118 e. The second kappa shape index (κ2) is 1.61. The Hall–Kier alpha value is -0.260. The van der Waals surface area contributed by atoms with Crippen molar-refractivity contribution in [3.8, 4) is 0 Å². The molecule has 0 saturated carbocycles. The van der Waals surface area contributed by atoms with Crippen molar-refractivity contribution in [2.45, 2.75) is 20.3 Å². The van der Waals surface area contributed by atoms with E-state index in [9.17, 15) is 0 Å². The third-order valence-electron chi connectivity index (χ3n) is 2.11. The summed E-state index contributed by atoms with van der Waals surface area (Å²) in [5, 5.41) is 0. The van der Waals surface area contributed by atoms with Crippen LogP contribution < -0.4 is 0 Å². The molecule has 0 heterocycles. The van der Waals surface area contributed by atoms with Gasteiger partial charge in [-0.05, 0) is 24.7 Å². The standard InChI is InChI=1S/C8H13/c1-7-5-4-6-8(7,2)3/h4,6-7H,2,5H2,1,3H3. The quantitative estimate of drug-likeness (QED) is 0.419. The first-order valence-electron chi connectivity index (χ1n) is 3.16. The van der Waals surface area contributed by atoms with Gasteiger partial charge in [-0.25, -0.2) is 0 Å². The van der Waals surface area contributed by atoms with Gasteiger partial charge in [0.15, 0.2) is 0 Å². The summed E-state index contributed by atoms with van der Waals surface area (Å²) < 4.78 is 0. The van der Waals surface area contributed by atoms with Crippen LogP contribution in [0, 0.1) is 18.3 Å². The molecule has 0 bridgehead atoms. The van der Waals surface area contributed by atoms with Crippen LogP contribution in [0.2, 0.25) is 0 Å². The van der Waals surface area contributed by atoms with Crippen LogP contribution in [-0.2, 0) is 0 Å². The molecule has 2 unspecified atom stereocenters. The first-order chi connectivity index (χ1) is 3.63. The van der Waals surface area contributed by atoms with Crippen molar-refractivity contribution < 1.29 is 0 Å². The van der Waals surface area contributed by atoms with E-state index in [0.717, 1.165) is 5.92 Å². The van der Waals surface area contributed by atoms with Gasteiger partial charge in [-0.15, -0.1) is 0 Å². The molecule has 2 atom stereocenters. The summed E-state index contributed by atoms with van der Waals surface area (Å²) in [5.74, 6) is 0.738. The van der Waals surface area contributed by atoms with E-state index in [-0.39, 0.29) is 5.41 Å². The third-order valence-corrected chi connectivity index (χ3v) is 2.11. The summed E-state index contributed by atoms with van der Waals surface area (Å²) in [5.41, 5.74) is 0.222. The zero-order chi connectivity index (χ0) is 6.20. The zero-order valence-electron chi connectivity index (χ0n) is 5.65. The van der Waals surface area contributed by atoms with Crippen LogP contribution in [0.1, 0.15) is 20.3 Å². The molecule has 0 aromatic carbocycles. The van der Waals surface area contributed by atoms with Gasteiger partial charge >= 0.3 is 0 Å². The topological polar surface area (TPSA) is 0 Å². The molecule has 0 heteroatoms. The van der Waals surface area contributed by atoms with Gasteiger partial charge in [-0.3, -0.25) is 0 Å². The number of hydrogen-bond donors (Lipinski definition) is 0. The van der Waals surface area contributed by atoms with Crippen molar-refractivity contribution in [2.24, 2.45) is 11.3 Å². The zero-order valence-corrected chi connectivity index (χ0v) is 5.65. The Labute approximate surface area is 51.6 Å². The molecule has 1 rings (SSSR count). The third kappa shape index (κ3) is 0.795. The Morgan fingerprint density at radius 1 is 1.75 bits per heavy atom. The Balaban J connectivity index is 2.67. The van der Waals surface area contributed by atoms with Crippen LogP contribution in [-0.4, -0.2) is 0 Å². The van der Waals surface area contributed by atoms with E-state index in [0.29, 0.717) is 0 Å². The highest BCUT2D eigenvalue weighted by Crippen LogP contribution is 2.35. The molecular weight excluding hydrogens is 96.1 g/mol. The Kier molecular flexibility index (Phi) is 1.18. The molecule has 0 fully saturated rings. The lowest BCUT2D eigenvalue weighted by atomic mass is 9.84. The molecule has 1 radical (unpaired) electrons. The summed E-state index contributed by atoms with van der Waals surface area (Å²) in [6.45, 7) is 8.49. The van der Waals surface area contributed by atoms with Gasteiger partial charge in [0.05, 0.1) is 0 Å². The minimum atomic E-state index is 0.222. The fourth-order valence-corrected chi connectivity index (χ4v) is 0.975. The highest BCUT2D eigenvalue weighted by atomic mass is 14.3. The maximum absolute atomic E-state index is 4.06. The molecule has 45 valence electrons. The van der Waals surface area contributed by atoms with Crippen LogP contribution in [0.5, 0.6) is 0 Å². The second-order valence-electron chi connectivity index (χ2n) is 3.04. The number of allylic oxidation sites excluding steroid dienone is 2. The molecule has 1 aliphatic rings. The largest absolute Gasteiger partial charge is 0.0877 e. The summed E-state index contributed by atoms with van der Waals surface area (Å²) in [4.78, 5) is 0. The highest BCUT2D eigenvalue weighted by molar-refractivity contribution is 5.09. The molecule has 0 aliphatic heterocycles. The van der Waals surface area contributed by atoms with E-state index in [1.165, 1.54) is 6.42 Å². The smallest absolute Gasteiger partial charge is 0.0118 e. The Morgan fingerprint density at radius 3 is 2.50 bits per heavy atom. The van der Waals surface area contributed by atoms with Gasteiger partial charge in [-0.2, -0.15) is 0 Å². The first-order valence-corrected chi connectivity index (χ1v) is 3.16. The van der Waals surface area contributed by atoms with Gasteiger partial charge in [0.25, 0.3) is 0 Å². The molecule has 0 aromatic rings. The summed E-state index contributed by atoms with van der Waals surface area (Å²) in [7, 11) is 0. The molecule has 0 N–H and O–H groups in total. The van der Waals surface area contributed by atoms with Crippen LogP contribution in [0.4, 0.5) is 0 Å². The fourth-order valence-electron chi connectivity index (χ4n) is 0.975. The summed E-state index contributed by atoms with van der Waals surface area (Å²) in [6.07, 6.45) is 5.63.